The van der Waals surface area contributed by atoms with E-state index in [9.17, 15) is 9.59 Å². The van der Waals surface area contributed by atoms with Crippen molar-refractivity contribution in [1.29, 1.82) is 0 Å². The number of carbonyl (C=O) groups is 1. The first kappa shape index (κ1) is 15.1. The largest absolute Gasteiger partial charge is 0.459 e. The number of aryl methyl sites for hydroxylation is 1. The zero-order chi connectivity index (χ0) is 16.7. The standard InChI is InChI=1S/C16H18N4O3/c1-5-6-19-12-7-10(2)23-15(12)11-8-17-20(16(22)14(11)19)9-13(21)18(3)4/h5,7-8H,1,6,9H2,2-4H3. The van der Waals surface area contributed by atoms with E-state index in [-0.39, 0.29) is 18.0 Å². The van der Waals surface area contributed by atoms with Gasteiger partial charge in [-0.1, -0.05) is 6.08 Å². The molecule has 0 aliphatic rings. The van der Waals surface area contributed by atoms with Crippen LogP contribution >= 0.6 is 0 Å². The number of fused-ring (bicyclic) bond motifs is 3. The smallest absolute Gasteiger partial charge is 0.291 e. The number of rotatable bonds is 4. The molecule has 7 heteroatoms. The Balaban J connectivity index is 2.27. The van der Waals surface area contributed by atoms with Gasteiger partial charge in [0.2, 0.25) is 5.91 Å². The third-order valence-electron chi connectivity index (χ3n) is 3.75. The topological polar surface area (TPSA) is 73.3 Å². The van der Waals surface area contributed by atoms with E-state index in [1.54, 1.807) is 26.4 Å². The molecule has 0 atom stereocenters. The van der Waals surface area contributed by atoms with Crippen LogP contribution in [0.15, 0.2) is 34.1 Å². The molecule has 3 rings (SSSR count). The number of nitrogens with zero attached hydrogens (tertiary/aromatic N) is 4. The van der Waals surface area contributed by atoms with Crippen LogP contribution in [0.5, 0.6) is 0 Å². The highest BCUT2D eigenvalue weighted by atomic mass is 16.3. The van der Waals surface area contributed by atoms with Crippen LogP contribution < -0.4 is 5.56 Å². The van der Waals surface area contributed by atoms with E-state index in [1.807, 2.05) is 17.6 Å². The summed E-state index contributed by atoms with van der Waals surface area (Å²) in [4.78, 5) is 26.1. The molecule has 3 aromatic rings. The zero-order valence-corrected chi connectivity index (χ0v) is 13.4. The molecule has 0 unspecified atom stereocenters. The third-order valence-corrected chi connectivity index (χ3v) is 3.75. The first-order chi connectivity index (χ1) is 10.9. The second-order valence-electron chi connectivity index (χ2n) is 5.63. The number of amides is 1. The predicted octanol–water partition coefficient (Wildman–Crippen LogP) is 1.53. The van der Waals surface area contributed by atoms with Crippen LogP contribution in [0, 0.1) is 6.92 Å². The van der Waals surface area contributed by atoms with Crippen molar-refractivity contribution >= 4 is 27.9 Å². The number of hydrogen-bond acceptors (Lipinski definition) is 4. The molecule has 0 radical (unpaired) electrons. The maximum absolute atomic E-state index is 12.8. The number of furan rings is 1. The van der Waals surface area contributed by atoms with E-state index in [1.165, 1.54) is 9.58 Å². The minimum Gasteiger partial charge on any atom is -0.459 e. The molecule has 1 amide bonds. The molecule has 0 fully saturated rings. The maximum Gasteiger partial charge on any atom is 0.291 e. The summed E-state index contributed by atoms with van der Waals surface area (Å²) < 4.78 is 8.72. The van der Waals surface area contributed by atoms with Gasteiger partial charge in [-0.15, -0.1) is 6.58 Å². The molecule has 0 saturated carbocycles. The third kappa shape index (κ3) is 2.34. The van der Waals surface area contributed by atoms with Crippen molar-refractivity contribution in [3.8, 4) is 0 Å². The Morgan fingerprint density at radius 3 is 2.87 bits per heavy atom. The summed E-state index contributed by atoms with van der Waals surface area (Å²) in [5.41, 5.74) is 1.62. The lowest BCUT2D eigenvalue weighted by molar-refractivity contribution is -0.129. The van der Waals surface area contributed by atoms with Crippen molar-refractivity contribution in [3.05, 3.63) is 41.0 Å². The van der Waals surface area contributed by atoms with Crippen molar-refractivity contribution in [2.45, 2.75) is 20.0 Å². The summed E-state index contributed by atoms with van der Waals surface area (Å²) in [5.74, 6) is 0.571. The molecule has 0 spiro atoms. The minimum absolute atomic E-state index is 0.0958. The molecule has 0 bridgehead atoms. The van der Waals surface area contributed by atoms with Crippen molar-refractivity contribution in [3.63, 3.8) is 0 Å². The van der Waals surface area contributed by atoms with E-state index >= 15 is 0 Å². The Morgan fingerprint density at radius 1 is 1.48 bits per heavy atom. The predicted molar refractivity (Wildman–Crippen MR) is 87.4 cm³/mol. The molecule has 0 aliphatic carbocycles. The van der Waals surface area contributed by atoms with E-state index in [4.69, 9.17) is 4.42 Å². The summed E-state index contributed by atoms with van der Waals surface area (Å²) in [6.45, 7) is 5.97. The van der Waals surface area contributed by atoms with Crippen LogP contribution in [-0.2, 0) is 17.9 Å². The number of hydrogen-bond donors (Lipinski definition) is 0. The van der Waals surface area contributed by atoms with Crippen LogP contribution in [0.1, 0.15) is 5.76 Å². The molecular formula is C16H18N4O3. The van der Waals surface area contributed by atoms with Crippen LogP contribution in [0.2, 0.25) is 0 Å². The first-order valence-electron chi connectivity index (χ1n) is 7.23. The Labute approximate surface area is 132 Å². The van der Waals surface area contributed by atoms with E-state index in [0.717, 1.165) is 11.3 Å². The quantitative estimate of drug-likeness (QED) is 0.685. The fraction of sp³-hybridized carbons (Fsp3) is 0.312. The van der Waals surface area contributed by atoms with Gasteiger partial charge in [0.1, 0.15) is 17.8 Å². The number of aromatic nitrogens is 3. The highest BCUT2D eigenvalue weighted by molar-refractivity contribution is 6.04. The number of carbonyl (C=O) groups excluding carboxylic acids is 1. The maximum atomic E-state index is 12.8. The van der Waals surface area contributed by atoms with Crippen molar-refractivity contribution in [2.75, 3.05) is 14.1 Å². The van der Waals surface area contributed by atoms with Gasteiger partial charge in [-0.3, -0.25) is 9.59 Å². The molecule has 0 N–H and O–H groups in total. The van der Waals surface area contributed by atoms with Crippen molar-refractivity contribution in [1.82, 2.24) is 19.2 Å². The lowest BCUT2D eigenvalue weighted by Gasteiger charge is -2.11. The molecule has 3 heterocycles. The summed E-state index contributed by atoms with van der Waals surface area (Å²) in [5, 5.41) is 4.77. The zero-order valence-electron chi connectivity index (χ0n) is 13.4. The van der Waals surface area contributed by atoms with E-state index < -0.39 is 0 Å². The highest BCUT2D eigenvalue weighted by Crippen LogP contribution is 2.29. The second-order valence-corrected chi connectivity index (χ2v) is 5.63. The Morgan fingerprint density at radius 2 is 2.22 bits per heavy atom. The molecule has 3 aromatic heterocycles. The minimum atomic E-state index is -0.316. The van der Waals surface area contributed by atoms with Gasteiger partial charge in [0.05, 0.1) is 17.1 Å². The lowest BCUT2D eigenvalue weighted by Crippen LogP contribution is -2.33. The lowest BCUT2D eigenvalue weighted by atomic mass is 10.3. The van der Waals surface area contributed by atoms with Crippen LogP contribution in [0.25, 0.3) is 22.0 Å². The molecule has 0 saturated heterocycles. The number of likely N-dealkylation sites (N-methyl/N-ethyl adjacent to an activating group) is 1. The van der Waals surface area contributed by atoms with Crippen molar-refractivity contribution in [2.24, 2.45) is 0 Å². The second kappa shape index (κ2) is 5.42. The Hall–Kier alpha value is -2.83. The van der Waals surface area contributed by atoms with Gasteiger partial charge in [0, 0.05) is 26.7 Å². The molecular weight excluding hydrogens is 296 g/mol. The summed E-state index contributed by atoms with van der Waals surface area (Å²) in [6.07, 6.45) is 3.29. The fourth-order valence-corrected chi connectivity index (χ4v) is 2.62. The first-order valence-corrected chi connectivity index (χ1v) is 7.23. The molecule has 0 aromatic carbocycles. The average molecular weight is 314 g/mol. The fourth-order valence-electron chi connectivity index (χ4n) is 2.62. The van der Waals surface area contributed by atoms with E-state index in [2.05, 4.69) is 11.7 Å². The Kier molecular flexibility index (Phi) is 3.55. The normalized spacial score (nSPS) is 11.3. The van der Waals surface area contributed by atoms with Crippen molar-refractivity contribution < 1.29 is 9.21 Å². The molecule has 23 heavy (non-hydrogen) atoms. The number of allylic oxidation sites excluding steroid dienone is 1. The molecule has 0 aliphatic heterocycles. The summed E-state index contributed by atoms with van der Waals surface area (Å²) in [7, 11) is 3.28. The van der Waals surface area contributed by atoms with Crippen LogP contribution in [-0.4, -0.2) is 39.3 Å². The summed E-state index contributed by atoms with van der Waals surface area (Å²) in [6, 6.07) is 1.88. The van der Waals surface area contributed by atoms with Gasteiger partial charge in [-0.2, -0.15) is 5.10 Å². The highest BCUT2D eigenvalue weighted by Gasteiger charge is 2.19. The monoisotopic (exact) mass is 314 g/mol. The van der Waals surface area contributed by atoms with Gasteiger partial charge in [0.15, 0.2) is 5.58 Å². The SMILES string of the molecule is C=CCn1c2cc(C)oc2c2cnn(CC(=O)N(C)C)c(=O)c21. The van der Waals surface area contributed by atoms with E-state index in [0.29, 0.717) is 23.0 Å². The van der Waals surface area contributed by atoms with Crippen LogP contribution in [0.4, 0.5) is 0 Å². The van der Waals surface area contributed by atoms with Gasteiger partial charge >= 0.3 is 0 Å². The van der Waals surface area contributed by atoms with Gasteiger partial charge in [-0.05, 0) is 6.92 Å². The molecule has 120 valence electrons. The van der Waals surface area contributed by atoms with Crippen LogP contribution in [0.3, 0.4) is 0 Å². The average Bonchev–Trinajstić information content (AvgIpc) is 2.99. The van der Waals surface area contributed by atoms with Gasteiger partial charge in [0.25, 0.3) is 5.56 Å². The molecule has 7 nitrogen and oxygen atoms in total. The summed E-state index contributed by atoms with van der Waals surface area (Å²) >= 11 is 0. The van der Waals surface area contributed by atoms with Gasteiger partial charge in [-0.25, -0.2) is 4.68 Å². The van der Waals surface area contributed by atoms with Gasteiger partial charge < -0.3 is 13.9 Å². The Bertz CT molecular complexity index is 975.